The van der Waals surface area contributed by atoms with E-state index in [1.165, 1.54) is 12.1 Å². The molecule has 4 nitrogen and oxygen atoms in total. The van der Waals surface area contributed by atoms with Crippen molar-refractivity contribution in [3.05, 3.63) is 29.8 Å². The Bertz CT molecular complexity index is 498. The molecule has 0 aromatic carbocycles. The van der Waals surface area contributed by atoms with Gasteiger partial charge in [-0.25, -0.2) is 9.37 Å². The minimum atomic E-state index is -0.806. The van der Waals surface area contributed by atoms with Crippen LogP contribution in [0.3, 0.4) is 0 Å². The van der Waals surface area contributed by atoms with E-state index in [1.54, 1.807) is 0 Å². The number of halogens is 1. The molecule has 5 heteroatoms. The Morgan fingerprint density at radius 3 is 2.74 bits per heavy atom. The minimum Gasteiger partial charge on any atom is -0.332 e. The van der Waals surface area contributed by atoms with Crippen molar-refractivity contribution in [1.82, 2.24) is 10.3 Å². The van der Waals surface area contributed by atoms with Crippen molar-refractivity contribution in [1.29, 1.82) is 5.26 Å². The maximum atomic E-state index is 12.7. The predicted molar refractivity (Wildman–Crippen MR) is 67.6 cm³/mol. The van der Waals surface area contributed by atoms with Crippen LogP contribution in [-0.4, -0.2) is 16.4 Å². The molecule has 1 aromatic rings. The number of pyridine rings is 1. The molecule has 1 aliphatic carbocycles. The Balaban J connectivity index is 2.09. The third kappa shape index (κ3) is 3.08. The number of nitrogens with one attached hydrogen (secondary N) is 1. The number of rotatable bonds is 2. The van der Waals surface area contributed by atoms with E-state index in [4.69, 9.17) is 0 Å². The number of carbonyl (C=O) groups is 1. The summed E-state index contributed by atoms with van der Waals surface area (Å²) in [6, 6.07) is 4.72. The molecule has 1 aromatic heterocycles. The van der Waals surface area contributed by atoms with Gasteiger partial charge in [-0.3, -0.25) is 4.79 Å². The molecule has 0 atom stereocenters. The summed E-state index contributed by atoms with van der Waals surface area (Å²) in [5, 5.41) is 12.1. The quantitative estimate of drug-likeness (QED) is 0.889. The number of aromatic nitrogens is 1. The maximum absolute atomic E-state index is 12.7. The van der Waals surface area contributed by atoms with Gasteiger partial charge in [-0.15, -0.1) is 0 Å². The van der Waals surface area contributed by atoms with Gasteiger partial charge in [0.25, 0.3) is 5.91 Å². The lowest BCUT2D eigenvalue weighted by Crippen LogP contribution is -2.49. The summed E-state index contributed by atoms with van der Waals surface area (Å²) in [5.41, 5.74) is -0.672. The van der Waals surface area contributed by atoms with E-state index >= 15 is 0 Å². The fraction of sp³-hybridized carbons (Fsp3) is 0.500. The van der Waals surface area contributed by atoms with Gasteiger partial charge in [-0.05, 0) is 43.7 Å². The fourth-order valence-corrected chi connectivity index (χ4v) is 2.31. The zero-order valence-corrected chi connectivity index (χ0v) is 10.8. The van der Waals surface area contributed by atoms with Crippen molar-refractivity contribution in [3.8, 4) is 6.07 Å². The number of hydrogen-bond acceptors (Lipinski definition) is 3. The van der Waals surface area contributed by atoms with Crippen LogP contribution in [0.15, 0.2) is 18.3 Å². The highest BCUT2D eigenvalue weighted by Crippen LogP contribution is 2.31. The summed E-state index contributed by atoms with van der Waals surface area (Å²) < 4.78 is 12.7. The Hall–Kier alpha value is -1.96. The van der Waals surface area contributed by atoms with Crippen molar-refractivity contribution in [2.75, 3.05) is 0 Å². The van der Waals surface area contributed by atoms with E-state index in [1.807, 2.05) is 0 Å². The van der Waals surface area contributed by atoms with Crippen molar-refractivity contribution >= 4 is 5.91 Å². The number of amides is 1. The van der Waals surface area contributed by atoms with Gasteiger partial charge in [-0.1, -0.05) is 6.92 Å². The molecule has 0 unspecified atom stereocenters. The van der Waals surface area contributed by atoms with Crippen molar-refractivity contribution in [2.45, 2.75) is 38.1 Å². The van der Waals surface area contributed by atoms with Gasteiger partial charge in [-0.2, -0.15) is 5.26 Å². The first-order valence-electron chi connectivity index (χ1n) is 6.40. The normalized spacial score (nSPS) is 26.5. The fourth-order valence-electron chi connectivity index (χ4n) is 2.31. The van der Waals surface area contributed by atoms with Crippen LogP contribution in [0, 0.1) is 23.1 Å². The van der Waals surface area contributed by atoms with Crippen LogP contribution in [0.1, 0.15) is 43.1 Å². The Kier molecular flexibility index (Phi) is 3.79. The summed E-state index contributed by atoms with van der Waals surface area (Å²) in [6.45, 7) is 2.14. The van der Waals surface area contributed by atoms with Crippen molar-refractivity contribution in [2.24, 2.45) is 5.92 Å². The van der Waals surface area contributed by atoms with Gasteiger partial charge in [0.05, 0.1) is 12.3 Å². The van der Waals surface area contributed by atoms with E-state index in [0.29, 0.717) is 18.8 Å². The molecule has 0 spiro atoms. The smallest absolute Gasteiger partial charge is 0.271 e. The first-order valence-corrected chi connectivity index (χ1v) is 6.40. The van der Waals surface area contributed by atoms with Crippen LogP contribution >= 0.6 is 0 Å². The Labute approximate surface area is 111 Å². The molecule has 2 rings (SSSR count). The van der Waals surface area contributed by atoms with Crippen LogP contribution in [-0.2, 0) is 0 Å². The molecule has 1 N–H and O–H groups in total. The third-order valence-electron chi connectivity index (χ3n) is 3.65. The predicted octanol–water partition coefficient (Wildman–Crippen LogP) is 2.42. The lowest BCUT2D eigenvalue weighted by Gasteiger charge is -2.34. The number of nitrogens with zero attached hydrogens (tertiary/aromatic N) is 2. The molecular formula is C14H16FN3O. The zero-order valence-electron chi connectivity index (χ0n) is 10.8. The SMILES string of the molecule is CC1CCC(C#N)(NC(=O)c2ccc(F)cn2)CC1. The highest BCUT2D eigenvalue weighted by Gasteiger charge is 2.36. The monoisotopic (exact) mass is 261 g/mol. The van der Waals surface area contributed by atoms with Crippen LogP contribution in [0.5, 0.6) is 0 Å². The van der Waals surface area contributed by atoms with E-state index < -0.39 is 17.3 Å². The van der Waals surface area contributed by atoms with Gasteiger partial charge < -0.3 is 5.32 Å². The number of hydrogen-bond donors (Lipinski definition) is 1. The lowest BCUT2D eigenvalue weighted by atomic mass is 9.78. The summed E-state index contributed by atoms with van der Waals surface area (Å²) in [5.74, 6) is -0.323. The molecule has 1 aliphatic rings. The second-order valence-electron chi connectivity index (χ2n) is 5.19. The van der Waals surface area contributed by atoms with Gasteiger partial charge >= 0.3 is 0 Å². The molecule has 1 saturated carbocycles. The van der Waals surface area contributed by atoms with Gasteiger partial charge in [0.15, 0.2) is 0 Å². The topological polar surface area (TPSA) is 65.8 Å². The van der Waals surface area contributed by atoms with Crippen molar-refractivity contribution in [3.63, 3.8) is 0 Å². The van der Waals surface area contributed by atoms with Gasteiger partial charge in [0.2, 0.25) is 0 Å². The van der Waals surface area contributed by atoms with Crippen LogP contribution < -0.4 is 5.32 Å². The van der Waals surface area contributed by atoms with E-state index in [2.05, 4.69) is 23.3 Å². The molecule has 0 saturated heterocycles. The van der Waals surface area contributed by atoms with Crippen LogP contribution in [0.4, 0.5) is 4.39 Å². The average Bonchev–Trinajstić information content (AvgIpc) is 2.42. The average molecular weight is 261 g/mol. The molecule has 100 valence electrons. The van der Waals surface area contributed by atoms with E-state index in [9.17, 15) is 14.4 Å². The highest BCUT2D eigenvalue weighted by atomic mass is 19.1. The molecule has 0 bridgehead atoms. The highest BCUT2D eigenvalue weighted by molar-refractivity contribution is 5.93. The Morgan fingerprint density at radius 1 is 1.53 bits per heavy atom. The van der Waals surface area contributed by atoms with Gasteiger partial charge in [0.1, 0.15) is 17.1 Å². The summed E-state index contributed by atoms with van der Waals surface area (Å²) in [6.07, 6.45) is 4.14. The second kappa shape index (κ2) is 5.35. The summed E-state index contributed by atoms with van der Waals surface area (Å²) in [7, 11) is 0. The summed E-state index contributed by atoms with van der Waals surface area (Å²) >= 11 is 0. The van der Waals surface area contributed by atoms with Crippen LogP contribution in [0.2, 0.25) is 0 Å². The largest absolute Gasteiger partial charge is 0.332 e. The Morgan fingerprint density at radius 2 is 2.21 bits per heavy atom. The van der Waals surface area contributed by atoms with E-state index in [-0.39, 0.29) is 5.69 Å². The molecule has 1 amide bonds. The molecule has 1 heterocycles. The van der Waals surface area contributed by atoms with Crippen molar-refractivity contribution < 1.29 is 9.18 Å². The molecule has 19 heavy (non-hydrogen) atoms. The number of carbonyl (C=O) groups excluding carboxylic acids is 1. The lowest BCUT2D eigenvalue weighted by molar-refractivity contribution is 0.0888. The maximum Gasteiger partial charge on any atom is 0.271 e. The molecular weight excluding hydrogens is 245 g/mol. The van der Waals surface area contributed by atoms with Crippen LogP contribution in [0.25, 0.3) is 0 Å². The first-order chi connectivity index (χ1) is 9.04. The third-order valence-corrected chi connectivity index (χ3v) is 3.65. The molecule has 0 aliphatic heterocycles. The second-order valence-corrected chi connectivity index (χ2v) is 5.19. The minimum absolute atomic E-state index is 0.134. The van der Waals surface area contributed by atoms with E-state index in [0.717, 1.165) is 19.0 Å². The van der Waals surface area contributed by atoms with Gasteiger partial charge in [0, 0.05) is 0 Å². The summed E-state index contributed by atoms with van der Waals surface area (Å²) in [4.78, 5) is 15.8. The standard InChI is InChI=1S/C14H16FN3O/c1-10-4-6-14(9-16,7-5-10)18-13(19)12-3-2-11(15)8-17-12/h2-3,8,10H,4-7H2,1H3,(H,18,19). The molecule has 1 fully saturated rings. The number of nitriles is 1. The zero-order chi connectivity index (χ0) is 13.9. The first kappa shape index (κ1) is 13.5. The molecule has 0 radical (unpaired) electrons.